The Balaban J connectivity index is 2.07. The van der Waals surface area contributed by atoms with E-state index in [-0.39, 0.29) is 12.4 Å². The maximum absolute atomic E-state index is 13.2. The minimum absolute atomic E-state index is 0.269. The van der Waals surface area contributed by atoms with E-state index in [0.717, 1.165) is 10.5 Å². The number of benzene rings is 2. The van der Waals surface area contributed by atoms with E-state index >= 15 is 0 Å². The molecular weight excluding hydrogens is 339 g/mol. The lowest BCUT2D eigenvalue weighted by molar-refractivity contribution is 0.0515. The zero-order valence-electron chi connectivity index (χ0n) is 13.9. The summed E-state index contributed by atoms with van der Waals surface area (Å²) in [7, 11) is 0. The summed E-state index contributed by atoms with van der Waals surface area (Å²) in [6.07, 6.45) is 2.01. The Morgan fingerprint density at radius 1 is 1.16 bits per heavy atom. The minimum Gasteiger partial charge on any atom is -0.461 e. The van der Waals surface area contributed by atoms with Crippen LogP contribution in [0.4, 0.5) is 4.39 Å². The lowest BCUT2D eigenvalue weighted by Crippen LogP contribution is -2.11. The van der Waals surface area contributed by atoms with Gasteiger partial charge < -0.3 is 4.74 Å². The van der Waals surface area contributed by atoms with Gasteiger partial charge in [0.05, 0.1) is 18.0 Å². The molecule has 128 valence electrons. The van der Waals surface area contributed by atoms with Gasteiger partial charge >= 0.3 is 5.97 Å². The molecule has 2 aromatic carbocycles. The zero-order chi connectivity index (χ0) is 17.8. The molecule has 0 unspecified atom stereocenters. The van der Waals surface area contributed by atoms with E-state index < -0.39 is 5.97 Å². The van der Waals surface area contributed by atoms with Crippen molar-refractivity contribution in [2.24, 2.45) is 0 Å². The fraction of sp³-hybridized carbons (Fsp3) is 0.158. The summed E-state index contributed by atoms with van der Waals surface area (Å²) < 4.78 is 19.8. The Morgan fingerprint density at radius 3 is 2.44 bits per heavy atom. The van der Waals surface area contributed by atoms with Crippen LogP contribution in [-0.4, -0.2) is 28.6 Å². The first-order valence-corrected chi connectivity index (χ1v) is 9.02. The topological polar surface area (TPSA) is 44.1 Å². The highest BCUT2D eigenvalue weighted by Crippen LogP contribution is 2.25. The second kappa shape index (κ2) is 7.53. The van der Waals surface area contributed by atoms with Crippen molar-refractivity contribution >= 4 is 17.7 Å². The normalized spacial score (nSPS) is 10.7. The number of halogens is 1. The van der Waals surface area contributed by atoms with Crippen molar-refractivity contribution in [3.63, 3.8) is 0 Å². The highest BCUT2D eigenvalue weighted by Gasteiger charge is 2.18. The number of hydrogen-bond donors (Lipinski definition) is 0. The highest BCUT2D eigenvalue weighted by atomic mass is 32.2. The van der Waals surface area contributed by atoms with E-state index in [9.17, 15) is 9.18 Å². The van der Waals surface area contributed by atoms with Crippen molar-refractivity contribution < 1.29 is 13.9 Å². The Hall–Kier alpha value is -2.60. The van der Waals surface area contributed by atoms with Crippen LogP contribution >= 0.6 is 11.8 Å². The Labute approximate surface area is 149 Å². The fourth-order valence-corrected chi connectivity index (χ4v) is 2.82. The third-order valence-corrected chi connectivity index (χ3v) is 4.39. The molecule has 3 aromatic rings. The summed E-state index contributed by atoms with van der Waals surface area (Å²) in [4.78, 5) is 13.4. The third kappa shape index (κ3) is 3.74. The van der Waals surface area contributed by atoms with Crippen molar-refractivity contribution in [2.75, 3.05) is 12.9 Å². The van der Waals surface area contributed by atoms with Gasteiger partial charge in [0.1, 0.15) is 5.82 Å². The monoisotopic (exact) mass is 356 g/mol. The average Bonchev–Trinajstić information content (AvgIpc) is 3.08. The summed E-state index contributed by atoms with van der Waals surface area (Å²) in [5, 5.41) is 4.53. The molecular formula is C19H17FN2O2S. The number of hydrogen-bond acceptors (Lipinski definition) is 4. The second-order valence-corrected chi connectivity index (χ2v) is 6.13. The summed E-state index contributed by atoms with van der Waals surface area (Å²) in [6.45, 7) is 2.02. The number of carbonyl (C=O) groups is 1. The third-order valence-electron chi connectivity index (χ3n) is 3.65. The molecule has 0 aliphatic rings. The van der Waals surface area contributed by atoms with Crippen LogP contribution in [-0.2, 0) is 4.74 Å². The minimum atomic E-state index is -0.466. The van der Waals surface area contributed by atoms with Crippen molar-refractivity contribution in [1.29, 1.82) is 0 Å². The lowest BCUT2D eigenvalue weighted by atomic mass is 10.1. The average molecular weight is 356 g/mol. The molecule has 0 aliphatic carbocycles. The quantitative estimate of drug-likeness (QED) is 0.496. The molecule has 6 heteroatoms. The number of ether oxygens (including phenoxy) is 1. The number of carbonyl (C=O) groups excluding carboxylic acids is 1. The molecule has 25 heavy (non-hydrogen) atoms. The number of nitrogens with zero attached hydrogens (tertiary/aromatic N) is 2. The molecule has 0 N–H and O–H groups in total. The SMILES string of the molecule is CCOC(=O)c1cc(-c2ccc(SC)cc2)nn1-c1ccc(F)cc1. The maximum Gasteiger partial charge on any atom is 0.357 e. The predicted molar refractivity (Wildman–Crippen MR) is 96.7 cm³/mol. The fourth-order valence-electron chi connectivity index (χ4n) is 2.41. The van der Waals surface area contributed by atoms with Crippen LogP contribution in [0.5, 0.6) is 0 Å². The van der Waals surface area contributed by atoms with Gasteiger partial charge in [-0.1, -0.05) is 12.1 Å². The number of thioether (sulfide) groups is 1. The van der Waals surface area contributed by atoms with Gasteiger partial charge in [-0.25, -0.2) is 13.9 Å². The summed E-state index contributed by atoms with van der Waals surface area (Å²) in [5.41, 5.74) is 2.44. The molecule has 1 heterocycles. The standard InChI is InChI=1S/C19H17FN2O2S/c1-3-24-19(23)18-12-17(13-4-10-16(25-2)11-5-13)21-22(18)15-8-6-14(20)7-9-15/h4-12H,3H2,1-2H3. The van der Waals surface area contributed by atoms with E-state index in [1.165, 1.54) is 16.8 Å². The van der Waals surface area contributed by atoms with Gasteiger partial charge in [0.15, 0.2) is 5.69 Å². The molecule has 0 spiro atoms. The molecule has 0 bridgehead atoms. The van der Waals surface area contributed by atoms with E-state index in [0.29, 0.717) is 17.1 Å². The molecule has 0 saturated heterocycles. The Bertz CT molecular complexity index is 873. The van der Waals surface area contributed by atoms with E-state index in [1.807, 2.05) is 30.5 Å². The van der Waals surface area contributed by atoms with Crippen molar-refractivity contribution in [2.45, 2.75) is 11.8 Å². The molecule has 3 rings (SSSR count). The van der Waals surface area contributed by atoms with Crippen LogP contribution in [0.25, 0.3) is 16.9 Å². The smallest absolute Gasteiger partial charge is 0.357 e. The molecule has 1 aromatic heterocycles. The summed E-state index contributed by atoms with van der Waals surface area (Å²) >= 11 is 1.66. The van der Waals surface area contributed by atoms with Crippen molar-refractivity contribution in [3.05, 3.63) is 66.1 Å². The van der Waals surface area contributed by atoms with E-state index in [2.05, 4.69) is 5.10 Å². The van der Waals surface area contributed by atoms with Gasteiger partial charge in [-0.15, -0.1) is 11.8 Å². The van der Waals surface area contributed by atoms with Crippen LogP contribution in [0.1, 0.15) is 17.4 Å². The summed E-state index contributed by atoms with van der Waals surface area (Å²) in [5.74, 6) is -0.812. The van der Waals surface area contributed by atoms with Gasteiger partial charge in [-0.2, -0.15) is 5.10 Å². The predicted octanol–water partition coefficient (Wildman–Crippen LogP) is 4.58. The number of aromatic nitrogens is 2. The summed E-state index contributed by atoms with van der Waals surface area (Å²) in [6, 6.07) is 15.4. The van der Waals surface area contributed by atoms with E-state index in [4.69, 9.17) is 4.74 Å². The first-order chi connectivity index (χ1) is 12.1. The Kier molecular flexibility index (Phi) is 5.19. The largest absolute Gasteiger partial charge is 0.461 e. The van der Waals surface area contributed by atoms with Gasteiger partial charge in [-0.05, 0) is 55.6 Å². The van der Waals surface area contributed by atoms with Crippen LogP contribution in [0.2, 0.25) is 0 Å². The molecule has 0 radical (unpaired) electrons. The first-order valence-electron chi connectivity index (χ1n) is 7.80. The number of rotatable bonds is 5. The van der Waals surface area contributed by atoms with Crippen LogP contribution in [0.3, 0.4) is 0 Å². The number of esters is 1. The molecule has 0 amide bonds. The zero-order valence-corrected chi connectivity index (χ0v) is 14.7. The van der Waals surface area contributed by atoms with Gasteiger partial charge in [0.2, 0.25) is 0 Å². The molecule has 0 fully saturated rings. The first kappa shape index (κ1) is 17.2. The van der Waals surface area contributed by atoms with Crippen molar-refractivity contribution in [1.82, 2.24) is 9.78 Å². The maximum atomic E-state index is 13.2. The van der Waals surface area contributed by atoms with Gasteiger partial charge in [0.25, 0.3) is 0 Å². The molecule has 4 nitrogen and oxygen atoms in total. The van der Waals surface area contributed by atoms with Crippen molar-refractivity contribution in [3.8, 4) is 16.9 Å². The second-order valence-electron chi connectivity index (χ2n) is 5.25. The molecule has 0 saturated carbocycles. The Morgan fingerprint density at radius 2 is 1.84 bits per heavy atom. The lowest BCUT2D eigenvalue weighted by Gasteiger charge is -2.06. The van der Waals surface area contributed by atoms with Crippen LogP contribution < -0.4 is 0 Å². The van der Waals surface area contributed by atoms with Gasteiger partial charge in [0, 0.05) is 10.5 Å². The highest BCUT2D eigenvalue weighted by molar-refractivity contribution is 7.98. The van der Waals surface area contributed by atoms with E-state index in [1.54, 1.807) is 36.9 Å². The molecule has 0 atom stereocenters. The van der Waals surface area contributed by atoms with Crippen LogP contribution in [0.15, 0.2) is 59.5 Å². The molecule has 0 aliphatic heterocycles. The van der Waals surface area contributed by atoms with Crippen LogP contribution in [0, 0.1) is 5.82 Å². The van der Waals surface area contributed by atoms with Gasteiger partial charge in [-0.3, -0.25) is 0 Å².